The van der Waals surface area contributed by atoms with Crippen LogP contribution in [0, 0.1) is 3.57 Å². The van der Waals surface area contributed by atoms with E-state index in [-0.39, 0.29) is 18.3 Å². The minimum absolute atomic E-state index is 0. The van der Waals surface area contributed by atoms with Gasteiger partial charge in [-0.1, -0.05) is 12.1 Å². The molecule has 0 radical (unpaired) electrons. The van der Waals surface area contributed by atoms with E-state index in [1.807, 2.05) is 24.3 Å². The van der Waals surface area contributed by atoms with Gasteiger partial charge in [0, 0.05) is 15.7 Å². The Hall–Kier alpha value is -1.14. The van der Waals surface area contributed by atoms with E-state index in [0.717, 1.165) is 9.32 Å². The van der Waals surface area contributed by atoms with E-state index in [4.69, 9.17) is 4.74 Å². The Balaban J connectivity index is 0.00000162. The molecule has 0 unspecified atom stereocenters. The zero-order valence-electron chi connectivity index (χ0n) is 9.64. The number of carbonyl (C=O) groups is 1. The minimum atomic E-state index is -0.0438. The number of pyridine rings is 1. The van der Waals surface area contributed by atoms with Crippen LogP contribution in [-0.4, -0.2) is 13.0 Å². The average molecular weight is 376 g/mol. The molecule has 2 rings (SSSR count). The zero-order chi connectivity index (χ0) is 12.3. The summed E-state index contributed by atoms with van der Waals surface area (Å²) in [5, 5.41) is 0. The van der Waals surface area contributed by atoms with Crippen molar-refractivity contribution in [2.75, 3.05) is 7.11 Å². The van der Waals surface area contributed by atoms with Crippen molar-refractivity contribution in [1.82, 2.24) is 0 Å². The number of halogens is 2. The molecule has 0 atom stereocenters. The van der Waals surface area contributed by atoms with E-state index in [0.29, 0.717) is 5.56 Å². The van der Waals surface area contributed by atoms with Crippen LogP contribution in [0.15, 0.2) is 48.8 Å². The van der Waals surface area contributed by atoms with Gasteiger partial charge >= 0.3 is 5.91 Å². The molecule has 2 aromatic rings. The molecule has 0 aliphatic rings. The van der Waals surface area contributed by atoms with Crippen LogP contribution in [0.2, 0.25) is 0 Å². The van der Waals surface area contributed by atoms with Crippen LogP contribution < -0.4 is 21.7 Å². The Morgan fingerprint density at radius 1 is 1.17 bits per heavy atom. The van der Waals surface area contributed by atoms with Gasteiger partial charge in [-0.2, -0.15) is 0 Å². The van der Waals surface area contributed by atoms with Crippen molar-refractivity contribution in [3.63, 3.8) is 0 Å². The first kappa shape index (κ1) is 14.9. The van der Waals surface area contributed by atoms with Gasteiger partial charge in [-0.05, 0) is 34.7 Å². The highest BCUT2D eigenvalue weighted by molar-refractivity contribution is 14.1. The number of benzene rings is 1. The van der Waals surface area contributed by atoms with Crippen LogP contribution in [0.5, 0.6) is 5.75 Å². The molecule has 1 aromatic heterocycles. The van der Waals surface area contributed by atoms with E-state index < -0.39 is 0 Å². The molecule has 1 aromatic carbocycles. The van der Waals surface area contributed by atoms with Crippen LogP contribution in [0.25, 0.3) is 0 Å². The molecular formula is C13H11ClINO2. The third-order valence-corrected chi connectivity index (χ3v) is 3.31. The molecule has 5 heteroatoms. The van der Waals surface area contributed by atoms with Crippen LogP contribution in [0.4, 0.5) is 0 Å². The van der Waals surface area contributed by atoms with Crippen molar-refractivity contribution < 1.29 is 26.5 Å². The number of aromatic nitrogens is 1. The fraction of sp³-hybridized carbons (Fsp3) is 0.0769. The van der Waals surface area contributed by atoms with Gasteiger partial charge in [0.15, 0.2) is 12.4 Å². The lowest BCUT2D eigenvalue weighted by Gasteiger charge is -1.99. The van der Waals surface area contributed by atoms with Gasteiger partial charge in [-0.3, -0.25) is 0 Å². The number of rotatable bonds is 2. The smallest absolute Gasteiger partial charge is 0.425 e. The minimum Gasteiger partial charge on any atom is -1.00 e. The van der Waals surface area contributed by atoms with E-state index in [2.05, 4.69) is 22.6 Å². The Labute approximate surface area is 125 Å². The van der Waals surface area contributed by atoms with Gasteiger partial charge in [-0.25, -0.2) is 4.79 Å². The zero-order valence-corrected chi connectivity index (χ0v) is 12.6. The number of methoxy groups -OCH3 is 1. The monoisotopic (exact) mass is 375 g/mol. The van der Waals surface area contributed by atoms with Crippen molar-refractivity contribution in [1.29, 1.82) is 0 Å². The van der Waals surface area contributed by atoms with Crippen LogP contribution >= 0.6 is 22.6 Å². The number of nitrogens with zero attached hydrogens (tertiary/aromatic N) is 1. The molecule has 18 heavy (non-hydrogen) atoms. The number of carbonyl (C=O) groups excluding carboxylic acids is 1. The van der Waals surface area contributed by atoms with Gasteiger partial charge in [0.25, 0.3) is 0 Å². The maximum Gasteiger partial charge on any atom is 0.425 e. The molecule has 3 nitrogen and oxygen atoms in total. The summed E-state index contributed by atoms with van der Waals surface area (Å²) in [5.41, 5.74) is 0.697. The van der Waals surface area contributed by atoms with E-state index >= 15 is 0 Å². The highest BCUT2D eigenvalue weighted by Gasteiger charge is 2.19. The third kappa shape index (κ3) is 3.20. The van der Waals surface area contributed by atoms with Crippen LogP contribution in [0.1, 0.15) is 10.4 Å². The van der Waals surface area contributed by atoms with Gasteiger partial charge in [0.1, 0.15) is 11.3 Å². The van der Waals surface area contributed by atoms with Crippen molar-refractivity contribution in [2.45, 2.75) is 0 Å². The second-order valence-electron chi connectivity index (χ2n) is 3.43. The molecule has 0 amide bonds. The lowest BCUT2D eigenvalue weighted by Crippen LogP contribution is -3.00. The first-order chi connectivity index (χ1) is 8.22. The molecular weight excluding hydrogens is 365 g/mol. The molecule has 0 bridgehead atoms. The Bertz CT molecular complexity index is 543. The molecule has 0 spiro atoms. The SMILES string of the molecule is COc1cc[n+](C(=O)c2ccccc2I)cc1.[Cl-]. The lowest BCUT2D eigenvalue weighted by molar-refractivity contribution is -0.570. The fourth-order valence-corrected chi connectivity index (χ4v) is 2.08. The predicted octanol–water partition coefficient (Wildman–Crippen LogP) is -0.720. The quantitative estimate of drug-likeness (QED) is 0.512. The van der Waals surface area contributed by atoms with Crippen LogP contribution in [0.3, 0.4) is 0 Å². The molecule has 1 heterocycles. The van der Waals surface area contributed by atoms with E-state index in [1.54, 1.807) is 36.2 Å². The maximum absolute atomic E-state index is 12.2. The molecule has 0 saturated carbocycles. The second-order valence-corrected chi connectivity index (χ2v) is 4.59. The Morgan fingerprint density at radius 3 is 2.33 bits per heavy atom. The first-order valence-electron chi connectivity index (χ1n) is 5.07. The van der Waals surface area contributed by atoms with E-state index in [9.17, 15) is 4.79 Å². The number of ether oxygens (including phenoxy) is 1. The van der Waals surface area contributed by atoms with Crippen LogP contribution in [-0.2, 0) is 0 Å². The van der Waals surface area contributed by atoms with Crippen molar-refractivity contribution >= 4 is 28.5 Å². The topological polar surface area (TPSA) is 30.2 Å². The Morgan fingerprint density at radius 2 is 1.78 bits per heavy atom. The van der Waals surface area contributed by atoms with Crippen molar-refractivity contribution in [2.24, 2.45) is 0 Å². The summed E-state index contributed by atoms with van der Waals surface area (Å²) >= 11 is 2.16. The second kappa shape index (κ2) is 6.70. The Kier molecular flexibility index (Phi) is 5.55. The summed E-state index contributed by atoms with van der Waals surface area (Å²) in [7, 11) is 1.60. The van der Waals surface area contributed by atoms with Crippen molar-refractivity contribution in [3.8, 4) is 5.75 Å². The lowest BCUT2D eigenvalue weighted by atomic mass is 10.2. The van der Waals surface area contributed by atoms with E-state index in [1.165, 1.54) is 0 Å². The fourth-order valence-electron chi connectivity index (χ4n) is 1.46. The van der Waals surface area contributed by atoms with Gasteiger partial charge in [0.05, 0.1) is 7.11 Å². The highest BCUT2D eigenvalue weighted by atomic mass is 127. The first-order valence-corrected chi connectivity index (χ1v) is 6.15. The standard InChI is InChI=1S/C13H11INO2.ClH/c1-17-10-6-8-15(9-7-10)13(16)11-4-2-3-5-12(11)14;/h2-9H,1H3;1H/q+1;/p-1. The molecule has 94 valence electrons. The summed E-state index contributed by atoms with van der Waals surface area (Å²) < 4.78 is 7.54. The normalized spacial score (nSPS) is 9.44. The number of hydrogen-bond donors (Lipinski definition) is 0. The molecule has 0 saturated heterocycles. The van der Waals surface area contributed by atoms with Gasteiger partial charge < -0.3 is 17.1 Å². The molecule has 0 N–H and O–H groups in total. The van der Waals surface area contributed by atoms with Gasteiger partial charge in [-0.15, -0.1) is 4.57 Å². The molecule has 0 aliphatic carbocycles. The predicted molar refractivity (Wildman–Crippen MR) is 72.1 cm³/mol. The summed E-state index contributed by atoms with van der Waals surface area (Å²) in [6.45, 7) is 0. The summed E-state index contributed by atoms with van der Waals surface area (Å²) in [6, 6.07) is 11.0. The molecule has 0 fully saturated rings. The summed E-state index contributed by atoms with van der Waals surface area (Å²) in [4.78, 5) is 12.2. The summed E-state index contributed by atoms with van der Waals surface area (Å²) in [6.07, 6.45) is 3.40. The largest absolute Gasteiger partial charge is 1.00 e. The average Bonchev–Trinajstić information content (AvgIpc) is 2.39. The highest BCUT2D eigenvalue weighted by Crippen LogP contribution is 2.11. The summed E-state index contributed by atoms with van der Waals surface area (Å²) in [5.74, 6) is 0.689. The van der Waals surface area contributed by atoms with Gasteiger partial charge in [0.2, 0.25) is 0 Å². The molecule has 0 aliphatic heterocycles. The number of hydrogen-bond acceptors (Lipinski definition) is 2. The maximum atomic E-state index is 12.2. The third-order valence-electron chi connectivity index (χ3n) is 2.37. The van der Waals surface area contributed by atoms with Crippen molar-refractivity contribution in [3.05, 3.63) is 57.9 Å².